The molecule has 1 amide bonds. The Hall–Kier alpha value is -1.89. The number of esters is 2. The summed E-state index contributed by atoms with van der Waals surface area (Å²) >= 11 is 0. The number of nitrogens with zero attached hydrogens (tertiary/aromatic N) is 1. The molecule has 0 saturated carbocycles. The molecule has 1 N–H and O–H groups in total. The zero-order valence-electron chi connectivity index (χ0n) is 21.4. The maximum absolute atomic E-state index is 12.5. The number of unbranched alkanes of at least 4 members (excludes halogenated alkanes) is 9. The number of ether oxygens (including phenoxy) is 2. The van der Waals surface area contributed by atoms with Gasteiger partial charge in [0, 0.05) is 13.0 Å². The van der Waals surface area contributed by atoms with E-state index in [2.05, 4.69) is 19.1 Å². The number of carbonyl (C=O) groups excluding carboxylic acids is 3. The van der Waals surface area contributed by atoms with Crippen LogP contribution in [0.2, 0.25) is 0 Å². The van der Waals surface area contributed by atoms with E-state index in [4.69, 9.17) is 9.47 Å². The van der Waals surface area contributed by atoms with Crippen LogP contribution in [0.15, 0.2) is 12.2 Å². The number of methoxy groups -OCH3 is 1. The average molecular weight is 480 g/mol. The first-order chi connectivity index (χ1) is 16.3. The van der Waals surface area contributed by atoms with Gasteiger partial charge >= 0.3 is 11.9 Å². The molecule has 0 spiro atoms. The van der Waals surface area contributed by atoms with E-state index in [9.17, 15) is 19.5 Å². The van der Waals surface area contributed by atoms with Crippen LogP contribution in [-0.2, 0) is 23.9 Å². The van der Waals surface area contributed by atoms with Crippen LogP contribution in [0, 0.1) is 5.92 Å². The van der Waals surface area contributed by atoms with Gasteiger partial charge < -0.3 is 19.5 Å². The Morgan fingerprint density at radius 3 is 2.35 bits per heavy atom. The van der Waals surface area contributed by atoms with E-state index in [1.165, 1.54) is 63.4 Å². The lowest BCUT2D eigenvalue weighted by Gasteiger charge is -2.29. The number of rotatable bonds is 16. The third-order valence-corrected chi connectivity index (χ3v) is 7.27. The third kappa shape index (κ3) is 8.10. The number of aliphatic hydroxyl groups is 1. The molecule has 2 aliphatic heterocycles. The molecule has 194 valence electrons. The summed E-state index contributed by atoms with van der Waals surface area (Å²) in [6.45, 7) is 3.98. The molecule has 2 saturated heterocycles. The Labute approximate surface area is 205 Å². The second-order valence-electron chi connectivity index (χ2n) is 10.0. The molecule has 0 aromatic rings. The predicted molar refractivity (Wildman–Crippen MR) is 131 cm³/mol. The smallest absolute Gasteiger partial charge is 0.328 e. The highest BCUT2D eigenvalue weighted by Gasteiger charge is 2.53. The minimum atomic E-state index is -1.02. The molecule has 0 bridgehead atoms. The molecule has 7 heteroatoms. The van der Waals surface area contributed by atoms with Crippen molar-refractivity contribution in [1.29, 1.82) is 0 Å². The lowest BCUT2D eigenvalue weighted by molar-refractivity contribution is -0.153. The summed E-state index contributed by atoms with van der Waals surface area (Å²) in [5.74, 6) is -2.06. The summed E-state index contributed by atoms with van der Waals surface area (Å²) in [5.41, 5.74) is -0.975. The monoisotopic (exact) mass is 479 g/mol. The highest BCUT2D eigenvalue weighted by atomic mass is 16.6. The van der Waals surface area contributed by atoms with Crippen molar-refractivity contribution in [3.63, 3.8) is 0 Å². The van der Waals surface area contributed by atoms with Gasteiger partial charge in [0.25, 0.3) is 0 Å². The van der Waals surface area contributed by atoms with Gasteiger partial charge in [-0.15, -0.1) is 0 Å². The van der Waals surface area contributed by atoms with Crippen molar-refractivity contribution in [3.05, 3.63) is 12.2 Å². The highest BCUT2D eigenvalue weighted by Crippen LogP contribution is 2.37. The van der Waals surface area contributed by atoms with Gasteiger partial charge in [-0.1, -0.05) is 64.0 Å². The zero-order chi connectivity index (χ0) is 25.0. The van der Waals surface area contributed by atoms with Crippen molar-refractivity contribution in [2.45, 2.75) is 121 Å². The SMILES string of the molecule is CCCCCCCCCCC=CCCCC1(C)OC(=O)C(CN2C(=O)CCC2C(=O)OC)C1O. The lowest BCUT2D eigenvalue weighted by Crippen LogP contribution is -2.47. The van der Waals surface area contributed by atoms with Crippen LogP contribution in [0.4, 0.5) is 0 Å². The van der Waals surface area contributed by atoms with Crippen molar-refractivity contribution in [1.82, 2.24) is 4.90 Å². The van der Waals surface area contributed by atoms with Crippen molar-refractivity contribution in [3.8, 4) is 0 Å². The van der Waals surface area contributed by atoms with Crippen molar-refractivity contribution in [2.75, 3.05) is 13.7 Å². The molecular formula is C27H45NO6. The van der Waals surface area contributed by atoms with Gasteiger partial charge in [-0.2, -0.15) is 0 Å². The molecule has 0 aliphatic carbocycles. The molecule has 34 heavy (non-hydrogen) atoms. The van der Waals surface area contributed by atoms with Gasteiger partial charge in [-0.3, -0.25) is 9.59 Å². The second kappa shape index (κ2) is 14.5. The predicted octanol–water partition coefficient (Wildman–Crippen LogP) is 4.70. The fourth-order valence-electron chi connectivity index (χ4n) is 5.05. The number of hydrogen-bond acceptors (Lipinski definition) is 6. The minimum Gasteiger partial charge on any atom is -0.467 e. The highest BCUT2D eigenvalue weighted by molar-refractivity contribution is 5.88. The van der Waals surface area contributed by atoms with Crippen LogP contribution in [-0.4, -0.2) is 59.3 Å². The van der Waals surface area contributed by atoms with E-state index >= 15 is 0 Å². The van der Waals surface area contributed by atoms with Gasteiger partial charge in [-0.05, 0) is 45.4 Å². The Morgan fingerprint density at radius 2 is 1.71 bits per heavy atom. The summed E-state index contributed by atoms with van der Waals surface area (Å²) in [5, 5.41) is 10.9. The average Bonchev–Trinajstić information content (AvgIpc) is 3.28. The van der Waals surface area contributed by atoms with Crippen LogP contribution in [0.3, 0.4) is 0 Å². The normalized spacial score (nSPS) is 27.1. The molecule has 4 unspecified atom stereocenters. The van der Waals surface area contributed by atoms with E-state index in [1.807, 2.05) is 0 Å². The number of allylic oxidation sites excluding steroid dienone is 2. The minimum absolute atomic E-state index is 0.0211. The maximum Gasteiger partial charge on any atom is 0.328 e. The topological polar surface area (TPSA) is 93.1 Å². The summed E-state index contributed by atoms with van der Waals surface area (Å²) in [6.07, 6.45) is 17.9. The second-order valence-corrected chi connectivity index (χ2v) is 10.0. The molecule has 0 aromatic heterocycles. The molecule has 2 heterocycles. The fraction of sp³-hybridized carbons (Fsp3) is 0.815. The summed E-state index contributed by atoms with van der Waals surface area (Å²) in [7, 11) is 1.28. The van der Waals surface area contributed by atoms with E-state index < -0.39 is 35.6 Å². The molecule has 2 rings (SSSR count). The first-order valence-electron chi connectivity index (χ1n) is 13.3. The molecule has 4 atom stereocenters. The number of amides is 1. The van der Waals surface area contributed by atoms with E-state index in [1.54, 1.807) is 6.92 Å². The zero-order valence-corrected chi connectivity index (χ0v) is 21.4. The number of aliphatic hydroxyl groups excluding tert-OH is 1. The molecule has 2 fully saturated rings. The van der Waals surface area contributed by atoms with Gasteiger partial charge in [0.05, 0.1) is 7.11 Å². The maximum atomic E-state index is 12.5. The lowest BCUT2D eigenvalue weighted by atomic mass is 9.87. The standard InChI is InChI=1S/C27H45NO6/c1-4-5-6-7-8-9-10-11-12-13-14-15-16-19-27(2)24(30)21(25(31)34-27)20-28-22(26(32)33-3)17-18-23(28)29/h13-14,21-22,24,30H,4-12,15-20H2,1-3H3. The number of cyclic esters (lactones) is 1. The Morgan fingerprint density at radius 1 is 1.09 bits per heavy atom. The molecular weight excluding hydrogens is 434 g/mol. The third-order valence-electron chi connectivity index (χ3n) is 7.27. The van der Waals surface area contributed by atoms with Crippen molar-refractivity contribution in [2.24, 2.45) is 5.92 Å². The van der Waals surface area contributed by atoms with E-state index in [0.29, 0.717) is 12.8 Å². The van der Waals surface area contributed by atoms with Crippen LogP contribution in [0.1, 0.15) is 104 Å². The summed E-state index contributed by atoms with van der Waals surface area (Å²) < 4.78 is 10.4. The van der Waals surface area contributed by atoms with Gasteiger partial charge in [0.15, 0.2) is 0 Å². The molecule has 0 radical (unpaired) electrons. The van der Waals surface area contributed by atoms with Crippen LogP contribution in [0.5, 0.6) is 0 Å². The largest absolute Gasteiger partial charge is 0.467 e. The number of hydrogen-bond donors (Lipinski definition) is 1. The summed E-state index contributed by atoms with van der Waals surface area (Å²) in [6, 6.07) is -0.699. The Balaban J connectivity index is 1.68. The van der Waals surface area contributed by atoms with Gasteiger partial charge in [-0.25, -0.2) is 4.79 Å². The Kier molecular flexibility index (Phi) is 12.1. The fourth-order valence-corrected chi connectivity index (χ4v) is 5.05. The number of likely N-dealkylation sites (tertiary alicyclic amines) is 1. The van der Waals surface area contributed by atoms with E-state index in [-0.39, 0.29) is 18.9 Å². The van der Waals surface area contributed by atoms with Crippen LogP contribution >= 0.6 is 0 Å². The first-order valence-corrected chi connectivity index (χ1v) is 13.3. The van der Waals surface area contributed by atoms with Crippen LogP contribution < -0.4 is 0 Å². The van der Waals surface area contributed by atoms with Crippen LogP contribution in [0.25, 0.3) is 0 Å². The van der Waals surface area contributed by atoms with Gasteiger partial charge in [0.2, 0.25) is 5.91 Å². The first kappa shape index (κ1) is 28.3. The molecule has 7 nitrogen and oxygen atoms in total. The summed E-state index contributed by atoms with van der Waals surface area (Å²) in [4.78, 5) is 38.1. The Bertz CT molecular complexity index is 693. The molecule has 0 aromatic carbocycles. The number of carbonyl (C=O) groups is 3. The van der Waals surface area contributed by atoms with Crippen molar-refractivity contribution >= 4 is 17.8 Å². The van der Waals surface area contributed by atoms with Gasteiger partial charge in [0.1, 0.15) is 23.7 Å². The van der Waals surface area contributed by atoms with Crippen molar-refractivity contribution < 1.29 is 29.0 Å². The quantitative estimate of drug-likeness (QED) is 0.196. The van der Waals surface area contributed by atoms with E-state index in [0.717, 1.165) is 19.3 Å². The molecule has 2 aliphatic rings.